The molecule has 1 unspecified atom stereocenters. The molecule has 1 aromatic carbocycles. The van der Waals surface area contributed by atoms with Crippen LogP contribution < -0.4 is 15.0 Å². The zero-order valence-electron chi connectivity index (χ0n) is 14.0. The number of methoxy groups -OCH3 is 1. The van der Waals surface area contributed by atoms with Gasteiger partial charge in [0.05, 0.1) is 24.4 Å². The van der Waals surface area contributed by atoms with Gasteiger partial charge < -0.3 is 19.5 Å². The van der Waals surface area contributed by atoms with Gasteiger partial charge in [-0.1, -0.05) is 11.6 Å². The van der Waals surface area contributed by atoms with E-state index in [0.29, 0.717) is 29.0 Å². The Morgan fingerprint density at radius 1 is 1.46 bits per heavy atom. The Hall–Kier alpha value is -1.98. The summed E-state index contributed by atoms with van der Waals surface area (Å²) in [7, 11) is 3.63. The Morgan fingerprint density at radius 3 is 2.96 bits per heavy atom. The number of quaternary nitrogens is 1. The molecule has 6 heteroatoms. The number of halogens is 1. The first-order valence-electron chi connectivity index (χ1n) is 8.17. The summed E-state index contributed by atoms with van der Waals surface area (Å²) in [5, 5.41) is 3.43. The van der Waals surface area contributed by atoms with E-state index in [4.69, 9.17) is 16.3 Å². The Kier molecular flexibility index (Phi) is 5.11. The molecule has 0 saturated carbocycles. The standard InChI is InChI=1S/C18H22ClN3O2/c1-21-9-3-5-15(21)16-6-4-10-22(16)12-18(23)20-13-7-8-17(24-2)14(19)11-13/h3,5,7-9,11,16H,4,6,10,12H2,1-2H3,(H,20,23)/p+1/t16-/m1/s1. The fraction of sp³-hybridized carbons (Fsp3) is 0.389. The second-order valence-corrected chi connectivity index (χ2v) is 6.63. The van der Waals surface area contributed by atoms with Gasteiger partial charge in [0.1, 0.15) is 11.8 Å². The molecule has 1 amide bonds. The fourth-order valence-electron chi connectivity index (χ4n) is 3.47. The fourth-order valence-corrected chi connectivity index (χ4v) is 3.73. The summed E-state index contributed by atoms with van der Waals surface area (Å²) in [6.45, 7) is 1.48. The van der Waals surface area contributed by atoms with Crippen LogP contribution in [0.1, 0.15) is 24.6 Å². The van der Waals surface area contributed by atoms with E-state index < -0.39 is 0 Å². The molecule has 1 saturated heterocycles. The average Bonchev–Trinajstić information content (AvgIpc) is 3.16. The van der Waals surface area contributed by atoms with Crippen LogP contribution in [0.5, 0.6) is 5.75 Å². The highest BCUT2D eigenvalue weighted by atomic mass is 35.5. The second-order valence-electron chi connectivity index (χ2n) is 6.22. The van der Waals surface area contributed by atoms with Gasteiger partial charge >= 0.3 is 0 Å². The highest BCUT2D eigenvalue weighted by molar-refractivity contribution is 6.32. The minimum atomic E-state index is 0.00680. The number of nitrogens with one attached hydrogen (secondary N) is 2. The van der Waals surface area contributed by atoms with Crippen LogP contribution in [0, 0.1) is 0 Å². The predicted molar refractivity (Wildman–Crippen MR) is 94.7 cm³/mol. The maximum Gasteiger partial charge on any atom is 0.279 e. The van der Waals surface area contributed by atoms with E-state index in [1.54, 1.807) is 25.3 Å². The van der Waals surface area contributed by atoms with Gasteiger partial charge in [-0.05, 0) is 30.3 Å². The molecule has 1 aromatic heterocycles. The van der Waals surface area contributed by atoms with Crippen molar-refractivity contribution in [3.8, 4) is 5.75 Å². The Morgan fingerprint density at radius 2 is 2.29 bits per heavy atom. The van der Waals surface area contributed by atoms with Crippen molar-refractivity contribution in [1.82, 2.24) is 4.57 Å². The largest absolute Gasteiger partial charge is 0.495 e. The Labute approximate surface area is 147 Å². The first-order chi connectivity index (χ1) is 11.6. The number of aromatic nitrogens is 1. The number of anilines is 1. The number of hydrogen-bond acceptors (Lipinski definition) is 2. The van der Waals surface area contributed by atoms with Gasteiger partial charge in [0, 0.05) is 31.8 Å². The molecule has 2 atom stereocenters. The SMILES string of the molecule is COc1ccc(NC(=O)C[NH+]2CCC[C@@H]2c2cccn2C)cc1Cl. The van der Waals surface area contributed by atoms with E-state index in [2.05, 4.69) is 35.3 Å². The molecule has 2 aromatic rings. The van der Waals surface area contributed by atoms with Crippen LogP contribution in [0.4, 0.5) is 5.69 Å². The van der Waals surface area contributed by atoms with Gasteiger partial charge in [0.15, 0.2) is 6.54 Å². The Balaban J connectivity index is 1.64. The summed E-state index contributed by atoms with van der Waals surface area (Å²) in [4.78, 5) is 13.7. The van der Waals surface area contributed by atoms with Gasteiger partial charge in [0.25, 0.3) is 5.91 Å². The van der Waals surface area contributed by atoms with Crippen molar-refractivity contribution in [2.75, 3.05) is 25.5 Å². The minimum absolute atomic E-state index is 0.00680. The molecule has 1 aliphatic heterocycles. The molecule has 1 fully saturated rings. The number of likely N-dealkylation sites (tertiary alicyclic amines) is 1. The third-order valence-corrected chi connectivity index (χ3v) is 4.94. The van der Waals surface area contributed by atoms with Crippen LogP contribution in [0.3, 0.4) is 0 Å². The molecular formula is C18H23ClN3O2+. The monoisotopic (exact) mass is 348 g/mol. The van der Waals surface area contributed by atoms with Gasteiger partial charge in [-0.15, -0.1) is 0 Å². The van der Waals surface area contributed by atoms with E-state index >= 15 is 0 Å². The topological polar surface area (TPSA) is 47.7 Å². The third-order valence-electron chi connectivity index (χ3n) is 4.65. The van der Waals surface area contributed by atoms with Crippen molar-refractivity contribution in [3.63, 3.8) is 0 Å². The zero-order valence-corrected chi connectivity index (χ0v) is 14.8. The molecular weight excluding hydrogens is 326 g/mol. The molecule has 2 heterocycles. The molecule has 2 N–H and O–H groups in total. The van der Waals surface area contributed by atoms with Crippen molar-refractivity contribution < 1.29 is 14.4 Å². The zero-order chi connectivity index (χ0) is 17.1. The number of nitrogens with zero attached hydrogens (tertiary/aromatic N) is 1. The molecule has 0 aliphatic carbocycles. The first-order valence-corrected chi connectivity index (χ1v) is 8.55. The summed E-state index contributed by atoms with van der Waals surface area (Å²) in [6, 6.07) is 9.87. The molecule has 0 radical (unpaired) electrons. The summed E-state index contributed by atoms with van der Waals surface area (Å²) in [5.74, 6) is 0.607. The maximum atomic E-state index is 12.4. The predicted octanol–water partition coefficient (Wildman–Crippen LogP) is 2.05. The summed E-state index contributed by atoms with van der Waals surface area (Å²) < 4.78 is 7.28. The quantitative estimate of drug-likeness (QED) is 0.868. The minimum Gasteiger partial charge on any atom is -0.495 e. The second kappa shape index (κ2) is 7.28. The maximum absolute atomic E-state index is 12.4. The van der Waals surface area contributed by atoms with Crippen molar-refractivity contribution in [1.29, 1.82) is 0 Å². The van der Waals surface area contributed by atoms with Gasteiger partial charge in [0.2, 0.25) is 0 Å². The lowest BCUT2D eigenvalue weighted by atomic mass is 10.1. The van der Waals surface area contributed by atoms with E-state index in [0.717, 1.165) is 19.4 Å². The van der Waals surface area contributed by atoms with Crippen molar-refractivity contribution in [2.24, 2.45) is 7.05 Å². The third kappa shape index (κ3) is 3.57. The summed E-state index contributed by atoms with van der Waals surface area (Å²) >= 11 is 6.11. The van der Waals surface area contributed by atoms with Crippen molar-refractivity contribution in [2.45, 2.75) is 18.9 Å². The lowest BCUT2D eigenvalue weighted by Gasteiger charge is -2.21. The van der Waals surface area contributed by atoms with Crippen LogP contribution in [-0.4, -0.2) is 30.7 Å². The number of benzene rings is 1. The Bertz CT molecular complexity index is 729. The number of rotatable bonds is 5. The molecule has 24 heavy (non-hydrogen) atoms. The van der Waals surface area contributed by atoms with E-state index in [9.17, 15) is 4.79 Å². The first kappa shape index (κ1) is 16.9. The average molecular weight is 349 g/mol. The van der Waals surface area contributed by atoms with Gasteiger partial charge in [-0.3, -0.25) is 4.79 Å². The lowest BCUT2D eigenvalue weighted by Crippen LogP contribution is -3.11. The molecule has 128 valence electrons. The van der Waals surface area contributed by atoms with Gasteiger partial charge in [-0.2, -0.15) is 0 Å². The normalized spacial score (nSPS) is 20.1. The molecule has 5 nitrogen and oxygen atoms in total. The molecule has 3 rings (SSSR count). The molecule has 0 bridgehead atoms. The number of ether oxygens (including phenoxy) is 1. The van der Waals surface area contributed by atoms with Crippen LogP contribution in [0.25, 0.3) is 0 Å². The number of carbonyl (C=O) groups excluding carboxylic acids is 1. The van der Waals surface area contributed by atoms with Crippen LogP contribution >= 0.6 is 11.6 Å². The smallest absolute Gasteiger partial charge is 0.279 e. The van der Waals surface area contributed by atoms with Crippen LogP contribution in [0.15, 0.2) is 36.5 Å². The van der Waals surface area contributed by atoms with Crippen molar-refractivity contribution in [3.05, 3.63) is 47.2 Å². The molecule has 0 spiro atoms. The lowest BCUT2D eigenvalue weighted by molar-refractivity contribution is -0.910. The number of hydrogen-bond donors (Lipinski definition) is 2. The molecule has 1 aliphatic rings. The van der Waals surface area contributed by atoms with Crippen LogP contribution in [0.2, 0.25) is 5.02 Å². The van der Waals surface area contributed by atoms with Crippen LogP contribution in [-0.2, 0) is 11.8 Å². The van der Waals surface area contributed by atoms with E-state index in [1.807, 2.05) is 0 Å². The van der Waals surface area contributed by atoms with E-state index in [1.165, 1.54) is 10.6 Å². The summed E-state index contributed by atoms with van der Waals surface area (Å²) in [5.41, 5.74) is 1.99. The number of carbonyl (C=O) groups is 1. The number of amides is 1. The number of aryl methyl sites for hydroxylation is 1. The van der Waals surface area contributed by atoms with Gasteiger partial charge in [-0.25, -0.2) is 0 Å². The van der Waals surface area contributed by atoms with E-state index in [-0.39, 0.29) is 5.91 Å². The van der Waals surface area contributed by atoms with Crippen molar-refractivity contribution >= 4 is 23.2 Å². The summed E-state index contributed by atoms with van der Waals surface area (Å²) in [6.07, 6.45) is 4.33. The highest BCUT2D eigenvalue weighted by Crippen LogP contribution is 2.27. The highest BCUT2D eigenvalue weighted by Gasteiger charge is 2.32.